The zero-order valence-electron chi connectivity index (χ0n) is 12.3. The standard InChI is InChI=1S/C13H24N6O/c1-3-8-20-13-16-11(18-14)15-12(17-13)19-7-5-6-10(4-2)9-19/h10H,3-9,14H2,1-2H3,(H,15,16,17,18). The van der Waals surface area contributed by atoms with Crippen molar-refractivity contribution in [3.8, 4) is 6.01 Å². The number of nitrogens with two attached hydrogens (primary N) is 1. The molecule has 0 amide bonds. The lowest BCUT2D eigenvalue weighted by Gasteiger charge is -2.32. The van der Waals surface area contributed by atoms with Gasteiger partial charge in [-0.15, -0.1) is 0 Å². The number of ether oxygens (including phenoxy) is 1. The number of hydrogen-bond acceptors (Lipinski definition) is 7. The van der Waals surface area contributed by atoms with E-state index in [1.54, 1.807) is 0 Å². The molecule has 2 rings (SSSR count). The van der Waals surface area contributed by atoms with Crippen LogP contribution < -0.4 is 20.9 Å². The van der Waals surface area contributed by atoms with Crippen LogP contribution in [0.3, 0.4) is 0 Å². The number of piperidine rings is 1. The van der Waals surface area contributed by atoms with Crippen LogP contribution in [0.1, 0.15) is 39.5 Å². The molecule has 1 aliphatic heterocycles. The molecule has 112 valence electrons. The molecule has 1 saturated heterocycles. The molecular weight excluding hydrogens is 256 g/mol. The van der Waals surface area contributed by atoms with Crippen LogP contribution in [0.15, 0.2) is 0 Å². The van der Waals surface area contributed by atoms with Crippen molar-refractivity contribution in [3.63, 3.8) is 0 Å². The van der Waals surface area contributed by atoms with Crippen molar-refractivity contribution >= 4 is 11.9 Å². The number of nitrogen functional groups attached to an aromatic ring is 1. The third kappa shape index (κ3) is 3.69. The van der Waals surface area contributed by atoms with Gasteiger partial charge in [-0.1, -0.05) is 20.3 Å². The fraction of sp³-hybridized carbons (Fsp3) is 0.769. The van der Waals surface area contributed by atoms with Crippen molar-refractivity contribution < 1.29 is 4.74 Å². The smallest absolute Gasteiger partial charge is 0.323 e. The summed E-state index contributed by atoms with van der Waals surface area (Å²) < 4.78 is 5.50. The van der Waals surface area contributed by atoms with E-state index in [-0.39, 0.29) is 0 Å². The van der Waals surface area contributed by atoms with Crippen LogP contribution in [0.4, 0.5) is 11.9 Å². The van der Waals surface area contributed by atoms with Gasteiger partial charge in [-0.25, -0.2) is 5.84 Å². The van der Waals surface area contributed by atoms with Crippen LogP contribution in [0, 0.1) is 5.92 Å². The maximum absolute atomic E-state index is 5.50. The SMILES string of the molecule is CCCOc1nc(NN)nc(N2CCCC(CC)C2)n1. The summed E-state index contributed by atoms with van der Waals surface area (Å²) >= 11 is 0. The average Bonchev–Trinajstić information content (AvgIpc) is 2.52. The van der Waals surface area contributed by atoms with Crippen LogP contribution in [-0.2, 0) is 0 Å². The molecule has 1 fully saturated rings. The van der Waals surface area contributed by atoms with Crippen molar-refractivity contribution in [2.24, 2.45) is 11.8 Å². The lowest BCUT2D eigenvalue weighted by molar-refractivity contribution is 0.291. The molecule has 0 aliphatic carbocycles. The zero-order chi connectivity index (χ0) is 14.4. The molecular formula is C13H24N6O. The van der Waals surface area contributed by atoms with E-state index in [9.17, 15) is 0 Å². The van der Waals surface area contributed by atoms with E-state index in [4.69, 9.17) is 10.6 Å². The minimum Gasteiger partial charge on any atom is -0.463 e. The lowest BCUT2D eigenvalue weighted by Crippen LogP contribution is -2.36. The van der Waals surface area contributed by atoms with Gasteiger partial charge in [0.1, 0.15) is 0 Å². The second-order valence-electron chi connectivity index (χ2n) is 5.10. The third-order valence-corrected chi connectivity index (χ3v) is 3.55. The van der Waals surface area contributed by atoms with E-state index < -0.39 is 0 Å². The number of nitrogens with one attached hydrogen (secondary N) is 1. The van der Waals surface area contributed by atoms with E-state index in [0.29, 0.717) is 30.4 Å². The van der Waals surface area contributed by atoms with Gasteiger partial charge < -0.3 is 9.64 Å². The van der Waals surface area contributed by atoms with Gasteiger partial charge in [0.25, 0.3) is 0 Å². The molecule has 1 aromatic rings. The normalized spacial score (nSPS) is 18.9. The van der Waals surface area contributed by atoms with Gasteiger partial charge >= 0.3 is 6.01 Å². The lowest BCUT2D eigenvalue weighted by atomic mass is 9.96. The Morgan fingerprint density at radius 1 is 1.35 bits per heavy atom. The Morgan fingerprint density at radius 2 is 2.20 bits per heavy atom. The minimum absolute atomic E-state index is 0.337. The molecule has 7 heteroatoms. The Morgan fingerprint density at radius 3 is 2.90 bits per heavy atom. The molecule has 1 unspecified atom stereocenters. The first-order chi connectivity index (χ1) is 9.76. The summed E-state index contributed by atoms with van der Waals surface area (Å²) in [5.41, 5.74) is 2.48. The van der Waals surface area contributed by atoms with E-state index in [1.807, 2.05) is 6.92 Å². The number of hydrazine groups is 1. The maximum atomic E-state index is 5.50. The summed E-state index contributed by atoms with van der Waals surface area (Å²) in [6, 6.07) is 0.337. The first kappa shape index (κ1) is 14.8. The quantitative estimate of drug-likeness (QED) is 0.604. The average molecular weight is 280 g/mol. The predicted octanol–water partition coefficient (Wildman–Crippen LogP) is 1.57. The number of hydrogen-bond donors (Lipinski definition) is 2. The topological polar surface area (TPSA) is 89.2 Å². The largest absolute Gasteiger partial charge is 0.463 e. The van der Waals surface area contributed by atoms with E-state index >= 15 is 0 Å². The van der Waals surface area contributed by atoms with Gasteiger partial charge in [-0.2, -0.15) is 15.0 Å². The highest BCUT2D eigenvalue weighted by atomic mass is 16.5. The van der Waals surface area contributed by atoms with Gasteiger partial charge in [-0.05, 0) is 25.2 Å². The molecule has 1 aromatic heterocycles. The van der Waals surface area contributed by atoms with Gasteiger partial charge in [0.15, 0.2) is 0 Å². The summed E-state index contributed by atoms with van der Waals surface area (Å²) in [6.07, 6.45) is 4.54. The zero-order valence-corrected chi connectivity index (χ0v) is 12.3. The maximum Gasteiger partial charge on any atom is 0.323 e. The second-order valence-corrected chi connectivity index (χ2v) is 5.10. The highest BCUT2D eigenvalue weighted by Gasteiger charge is 2.22. The molecule has 0 spiro atoms. The van der Waals surface area contributed by atoms with Crippen LogP contribution >= 0.6 is 0 Å². The molecule has 0 bridgehead atoms. The Balaban J connectivity index is 2.16. The number of rotatable bonds is 6. The Bertz CT molecular complexity index is 427. The summed E-state index contributed by atoms with van der Waals surface area (Å²) in [7, 11) is 0. The van der Waals surface area contributed by atoms with Crippen LogP contribution in [0.2, 0.25) is 0 Å². The van der Waals surface area contributed by atoms with Gasteiger partial charge in [0, 0.05) is 13.1 Å². The first-order valence-corrected chi connectivity index (χ1v) is 7.37. The van der Waals surface area contributed by atoms with Gasteiger partial charge in [-0.3, -0.25) is 5.43 Å². The number of nitrogens with zero attached hydrogens (tertiary/aromatic N) is 4. The summed E-state index contributed by atoms with van der Waals surface area (Å²) in [5, 5.41) is 0. The highest BCUT2D eigenvalue weighted by molar-refractivity contribution is 5.38. The summed E-state index contributed by atoms with van der Waals surface area (Å²) in [5.74, 6) is 7.12. The molecule has 0 radical (unpaired) electrons. The molecule has 7 nitrogen and oxygen atoms in total. The number of aromatic nitrogens is 3. The molecule has 0 saturated carbocycles. The monoisotopic (exact) mass is 280 g/mol. The second kappa shape index (κ2) is 7.23. The van der Waals surface area contributed by atoms with Crippen molar-refractivity contribution in [2.45, 2.75) is 39.5 Å². The summed E-state index contributed by atoms with van der Waals surface area (Å²) in [6.45, 7) is 6.81. The van der Waals surface area contributed by atoms with Crippen molar-refractivity contribution in [3.05, 3.63) is 0 Å². The highest BCUT2D eigenvalue weighted by Crippen LogP contribution is 2.24. The fourth-order valence-corrected chi connectivity index (χ4v) is 2.39. The first-order valence-electron chi connectivity index (χ1n) is 7.37. The Labute approximate surface area is 119 Å². The molecule has 2 heterocycles. The van der Waals surface area contributed by atoms with Gasteiger partial charge in [0.05, 0.1) is 6.61 Å². The molecule has 0 aromatic carbocycles. The van der Waals surface area contributed by atoms with Crippen LogP contribution in [0.5, 0.6) is 6.01 Å². The molecule has 20 heavy (non-hydrogen) atoms. The van der Waals surface area contributed by atoms with Crippen molar-refractivity contribution in [1.82, 2.24) is 15.0 Å². The van der Waals surface area contributed by atoms with E-state index in [2.05, 4.69) is 32.2 Å². The molecule has 1 aliphatic rings. The molecule has 3 N–H and O–H groups in total. The van der Waals surface area contributed by atoms with Crippen LogP contribution in [-0.4, -0.2) is 34.6 Å². The number of anilines is 2. The summed E-state index contributed by atoms with van der Waals surface area (Å²) in [4.78, 5) is 15.0. The predicted molar refractivity (Wildman–Crippen MR) is 78.7 cm³/mol. The van der Waals surface area contributed by atoms with Crippen LogP contribution in [0.25, 0.3) is 0 Å². The van der Waals surface area contributed by atoms with Crippen molar-refractivity contribution in [2.75, 3.05) is 30.0 Å². The van der Waals surface area contributed by atoms with Crippen molar-refractivity contribution in [1.29, 1.82) is 0 Å². The Kier molecular flexibility index (Phi) is 5.34. The third-order valence-electron chi connectivity index (χ3n) is 3.55. The van der Waals surface area contributed by atoms with E-state index in [1.165, 1.54) is 19.3 Å². The van der Waals surface area contributed by atoms with E-state index in [0.717, 1.165) is 19.5 Å². The van der Waals surface area contributed by atoms with Gasteiger partial charge in [0.2, 0.25) is 11.9 Å². The fourth-order valence-electron chi connectivity index (χ4n) is 2.39. The molecule has 1 atom stereocenters. The Hall–Kier alpha value is -1.63. The minimum atomic E-state index is 0.337.